The Morgan fingerprint density at radius 3 is 2.92 bits per heavy atom. The molecule has 0 saturated heterocycles. The van der Waals surface area contributed by atoms with Crippen LogP contribution in [0.5, 0.6) is 0 Å². The van der Waals surface area contributed by atoms with Crippen LogP contribution in [-0.4, -0.2) is 26.9 Å². The summed E-state index contributed by atoms with van der Waals surface area (Å²) in [7, 11) is 0. The van der Waals surface area contributed by atoms with E-state index >= 15 is 0 Å². The Morgan fingerprint density at radius 2 is 2.17 bits per heavy atom. The summed E-state index contributed by atoms with van der Waals surface area (Å²) in [5.74, 6) is 1.48. The van der Waals surface area contributed by atoms with Crippen LogP contribution < -0.4 is 5.32 Å². The molecule has 0 aliphatic heterocycles. The molecule has 0 fully saturated rings. The molecule has 3 aromatic rings. The minimum absolute atomic E-state index is 0.0345. The van der Waals surface area contributed by atoms with Gasteiger partial charge in [-0.05, 0) is 31.5 Å². The molecule has 0 radical (unpaired) electrons. The first-order valence-electron chi connectivity index (χ1n) is 7.74. The smallest absolute Gasteiger partial charge is 0.226 e. The molecule has 3 heterocycles. The van der Waals surface area contributed by atoms with Gasteiger partial charge in [0, 0.05) is 30.2 Å². The van der Waals surface area contributed by atoms with Crippen molar-refractivity contribution in [2.45, 2.75) is 32.2 Å². The fourth-order valence-corrected chi connectivity index (χ4v) is 3.04. The zero-order chi connectivity index (χ0) is 16.8. The number of furan rings is 1. The van der Waals surface area contributed by atoms with Crippen molar-refractivity contribution in [3.63, 3.8) is 0 Å². The van der Waals surface area contributed by atoms with E-state index in [4.69, 9.17) is 4.42 Å². The molecule has 1 amide bonds. The number of amides is 1. The van der Waals surface area contributed by atoms with Crippen LogP contribution in [0.2, 0.25) is 0 Å². The summed E-state index contributed by atoms with van der Waals surface area (Å²) < 4.78 is 5.30. The Bertz CT molecular complexity index is 771. The Morgan fingerprint density at radius 1 is 1.33 bits per heavy atom. The second-order valence-corrected chi connectivity index (χ2v) is 6.34. The second-order valence-electron chi connectivity index (χ2n) is 5.48. The summed E-state index contributed by atoms with van der Waals surface area (Å²) in [5, 5.41) is 5.59. The van der Waals surface area contributed by atoms with E-state index in [1.165, 1.54) is 11.3 Å². The van der Waals surface area contributed by atoms with Crippen LogP contribution in [0.3, 0.4) is 0 Å². The van der Waals surface area contributed by atoms with E-state index in [-0.39, 0.29) is 18.4 Å². The predicted octanol–water partition coefficient (Wildman–Crippen LogP) is 2.87. The Hall–Kier alpha value is -2.54. The summed E-state index contributed by atoms with van der Waals surface area (Å²) in [6.45, 7) is 1.99. The highest BCUT2D eigenvalue weighted by atomic mass is 32.1. The molecule has 0 aliphatic rings. The summed E-state index contributed by atoms with van der Waals surface area (Å²) in [6.07, 6.45) is 6.91. The first-order chi connectivity index (χ1) is 11.7. The summed E-state index contributed by atoms with van der Waals surface area (Å²) in [4.78, 5) is 24.9. The maximum absolute atomic E-state index is 12.1. The fourth-order valence-electron chi connectivity index (χ4n) is 2.28. The molecule has 0 spiro atoms. The van der Waals surface area contributed by atoms with Gasteiger partial charge in [0.25, 0.3) is 0 Å². The molecule has 7 heteroatoms. The lowest BCUT2D eigenvalue weighted by molar-refractivity contribution is -0.121. The van der Waals surface area contributed by atoms with Gasteiger partial charge in [-0.15, -0.1) is 11.3 Å². The molecule has 0 bridgehead atoms. The van der Waals surface area contributed by atoms with E-state index in [0.29, 0.717) is 5.82 Å². The van der Waals surface area contributed by atoms with Crippen LogP contribution in [-0.2, 0) is 17.6 Å². The highest BCUT2D eigenvalue weighted by molar-refractivity contribution is 7.13. The summed E-state index contributed by atoms with van der Waals surface area (Å²) >= 11 is 1.44. The molecular formula is C17H18N4O2S. The number of thiazole rings is 1. The van der Waals surface area contributed by atoms with Crippen LogP contribution in [0, 0.1) is 0 Å². The maximum atomic E-state index is 12.1. The predicted molar refractivity (Wildman–Crippen MR) is 91.5 cm³/mol. The van der Waals surface area contributed by atoms with Gasteiger partial charge in [-0.3, -0.25) is 4.79 Å². The molecule has 1 N–H and O–H groups in total. The van der Waals surface area contributed by atoms with Crippen molar-refractivity contribution in [3.8, 4) is 10.8 Å². The third-order valence-corrected chi connectivity index (χ3v) is 4.35. The monoisotopic (exact) mass is 342 g/mol. The molecular weight excluding hydrogens is 324 g/mol. The van der Waals surface area contributed by atoms with Crippen molar-refractivity contribution in [1.82, 2.24) is 20.3 Å². The number of nitrogens with zero attached hydrogens (tertiary/aromatic N) is 3. The van der Waals surface area contributed by atoms with Gasteiger partial charge < -0.3 is 9.73 Å². The zero-order valence-corrected chi connectivity index (χ0v) is 14.1. The Labute approximate surface area is 144 Å². The molecule has 3 aromatic heterocycles. The number of hydrogen-bond donors (Lipinski definition) is 1. The van der Waals surface area contributed by atoms with Crippen molar-refractivity contribution in [2.24, 2.45) is 0 Å². The van der Waals surface area contributed by atoms with E-state index in [9.17, 15) is 4.79 Å². The number of aromatic nitrogens is 3. The molecule has 3 rings (SSSR count). The van der Waals surface area contributed by atoms with Crippen molar-refractivity contribution in [3.05, 3.63) is 53.7 Å². The zero-order valence-electron chi connectivity index (χ0n) is 13.3. The van der Waals surface area contributed by atoms with E-state index in [1.54, 1.807) is 24.7 Å². The van der Waals surface area contributed by atoms with Gasteiger partial charge in [-0.1, -0.05) is 0 Å². The fraction of sp³-hybridized carbons (Fsp3) is 0.294. The highest BCUT2D eigenvalue weighted by Gasteiger charge is 2.12. The quantitative estimate of drug-likeness (QED) is 0.714. The number of aryl methyl sites for hydroxylation is 1. The third-order valence-electron chi connectivity index (χ3n) is 3.46. The lowest BCUT2D eigenvalue weighted by atomic mass is 10.1. The van der Waals surface area contributed by atoms with Crippen molar-refractivity contribution >= 4 is 17.2 Å². The lowest BCUT2D eigenvalue weighted by Gasteiger charge is -2.12. The van der Waals surface area contributed by atoms with Gasteiger partial charge in [-0.25, -0.2) is 15.0 Å². The van der Waals surface area contributed by atoms with Gasteiger partial charge in [-0.2, -0.15) is 0 Å². The van der Waals surface area contributed by atoms with Gasteiger partial charge in [0.05, 0.1) is 18.4 Å². The maximum Gasteiger partial charge on any atom is 0.226 e. The molecule has 0 aromatic carbocycles. The van der Waals surface area contributed by atoms with E-state index in [2.05, 4.69) is 20.3 Å². The third kappa shape index (κ3) is 4.48. The molecule has 6 nitrogen and oxygen atoms in total. The molecule has 0 aliphatic carbocycles. The number of nitrogens with one attached hydrogen (secondary N) is 1. The Kier molecular flexibility index (Phi) is 5.32. The van der Waals surface area contributed by atoms with E-state index in [1.807, 2.05) is 24.4 Å². The number of rotatable bonds is 7. The SMILES string of the molecule is C[C@@H](CCc1ccco1)NC(=O)Cc1csc(-c2ncccn2)n1. The van der Waals surface area contributed by atoms with Gasteiger partial charge in [0.2, 0.25) is 5.91 Å². The number of hydrogen-bond acceptors (Lipinski definition) is 6. The first-order valence-corrected chi connectivity index (χ1v) is 8.62. The van der Waals surface area contributed by atoms with Crippen LogP contribution in [0.1, 0.15) is 24.8 Å². The first kappa shape index (κ1) is 16.3. The van der Waals surface area contributed by atoms with E-state index in [0.717, 1.165) is 29.3 Å². The van der Waals surface area contributed by atoms with E-state index < -0.39 is 0 Å². The minimum atomic E-state index is -0.0345. The Balaban J connectivity index is 1.49. The molecule has 124 valence electrons. The summed E-state index contributed by atoms with van der Waals surface area (Å²) in [5.41, 5.74) is 0.734. The van der Waals surface area contributed by atoms with Gasteiger partial charge >= 0.3 is 0 Å². The number of carbonyl (C=O) groups excluding carboxylic acids is 1. The van der Waals surface area contributed by atoms with Crippen LogP contribution >= 0.6 is 11.3 Å². The number of carbonyl (C=O) groups is 1. The second kappa shape index (κ2) is 7.83. The average Bonchev–Trinajstić information content (AvgIpc) is 3.25. The molecule has 0 saturated carbocycles. The van der Waals surface area contributed by atoms with Crippen molar-refractivity contribution in [1.29, 1.82) is 0 Å². The lowest BCUT2D eigenvalue weighted by Crippen LogP contribution is -2.34. The molecule has 1 atom stereocenters. The molecule has 24 heavy (non-hydrogen) atoms. The summed E-state index contributed by atoms with van der Waals surface area (Å²) in [6, 6.07) is 5.65. The van der Waals surface area contributed by atoms with Crippen LogP contribution in [0.25, 0.3) is 10.8 Å². The van der Waals surface area contributed by atoms with Crippen LogP contribution in [0.15, 0.2) is 46.7 Å². The van der Waals surface area contributed by atoms with Crippen molar-refractivity contribution in [2.75, 3.05) is 0 Å². The minimum Gasteiger partial charge on any atom is -0.469 e. The average molecular weight is 342 g/mol. The van der Waals surface area contributed by atoms with Gasteiger partial charge in [0.15, 0.2) is 10.8 Å². The topological polar surface area (TPSA) is 80.9 Å². The molecule has 0 unspecified atom stereocenters. The normalized spacial score (nSPS) is 12.0. The van der Waals surface area contributed by atoms with Crippen LogP contribution in [0.4, 0.5) is 0 Å². The highest BCUT2D eigenvalue weighted by Crippen LogP contribution is 2.19. The standard InChI is InChI=1S/C17H18N4O2S/c1-12(5-6-14-4-2-9-23-14)20-15(22)10-13-11-24-17(21-13)16-18-7-3-8-19-16/h2-4,7-9,11-12H,5-6,10H2,1H3,(H,20,22)/t12-/m0/s1. The largest absolute Gasteiger partial charge is 0.469 e. The van der Waals surface area contributed by atoms with Crippen molar-refractivity contribution < 1.29 is 9.21 Å². The van der Waals surface area contributed by atoms with Gasteiger partial charge in [0.1, 0.15) is 5.76 Å².